The molecule has 0 aromatic rings. The van der Waals surface area contributed by atoms with E-state index < -0.39 is 30.7 Å². The van der Waals surface area contributed by atoms with Gasteiger partial charge in [-0.25, -0.2) is 3.63 Å². The topological polar surface area (TPSA) is 43.4 Å². The van der Waals surface area contributed by atoms with Gasteiger partial charge in [0.2, 0.25) is 0 Å². The van der Waals surface area contributed by atoms with Gasteiger partial charge in [0.25, 0.3) is 0 Å². The molecule has 0 aromatic carbocycles. The zero-order chi connectivity index (χ0) is 17.8. The van der Waals surface area contributed by atoms with E-state index in [1.54, 1.807) is 6.92 Å². The summed E-state index contributed by atoms with van der Waals surface area (Å²) in [7, 11) is -8.14. The van der Waals surface area contributed by atoms with Gasteiger partial charge in [0.05, 0.1) is 0 Å². The fourth-order valence-corrected chi connectivity index (χ4v) is 11.3. The van der Waals surface area contributed by atoms with Gasteiger partial charge < -0.3 is 0 Å². The number of hydrogen-bond acceptors (Lipinski definition) is 3. The van der Waals surface area contributed by atoms with Crippen molar-refractivity contribution >= 4 is 20.4 Å². The molecule has 1 heterocycles. The van der Waals surface area contributed by atoms with Crippen LogP contribution in [0.1, 0.15) is 47.0 Å². The lowest BCUT2D eigenvalue weighted by atomic mass is 9.78. The molecule has 3 nitrogen and oxygen atoms in total. The van der Waals surface area contributed by atoms with Crippen LogP contribution in [0.25, 0.3) is 0 Å². The summed E-state index contributed by atoms with van der Waals surface area (Å²) in [5, 5.41) is -0.134. The van der Waals surface area contributed by atoms with Crippen LogP contribution in [-0.2, 0) is 13.7 Å². The van der Waals surface area contributed by atoms with Crippen molar-refractivity contribution in [2.24, 2.45) is 11.8 Å². The second kappa shape index (κ2) is 5.66. The molecule has 2 rings (SSSR count). The molecule has 8 heteroatoms. The Hall–Kier alpha value is -0.210. The largest absolute Gasteiger partial charge is 0.523 e. The molecule has 1 saturated carbocycles. The molecular formula is C15H25F3O3S2. The summed E-state index contributed by atoms with van der Waals surface area (Å²) in [5.74, 6) is 0.563. The van der Waals surface area contributed by atoms with Crippen molar-refractivity contribution < 1.29 is 25.2 Å². The van der Waals surface area contributed by atoms with Crippen molar-refractivity contribution in [3.05, 3.63) is 12.2 Å². The summed E-state index contributed by atoms with van der Waals surface area (Å²) in [5.41, 5.74) is -4.72. The van der Waals surface area contributed by atoms with E-state index >= 15 is 0 Å². The Labute approximate surface area is 138 Å². The second-order valence-corrected chi connectivity index (χ2v) is 12.7. The number of alkyl halides is 3. The summed E-state index contributed by atoms with van der Waals surface area (Å²) < 4.78 is 67.1. The molecule has 2 bridgehead atoms. The molecule has 1 aliphatic heterocycles. The van der Waals surface area contributed by atoms with Gasteiger partial charge in [-0.3, -0.25) is 0 Å². The highest BCUT2D eigenvalue weighted by Gasteiger charge is 2.64. The van der Waals surface area contributed by atoms with Gasteiger partial charge in [0, 0.05) is 15.7 Å². The predicted octanol–water partition coefficient (Wildman–Crippen LogP) is 4.75. The Balaban J connectivity index is 2.57. The van der Waals surface area contributed by atoms with Gasteiger partial charge in [-0.2, -0.15) is 21.6 Å². The van der Waals surface area contributed by atoms with Crippen molar-refractivity contribution in [3.8, 4) is 0 Å². The highest BCUT2D eigenvalue weighted by molar-refractivity contribution is 8.34. The Morgan fingerprint density at radius 3 is 2.39 bits per heavy atom. The number of hydrogen-bond donors (Lipinski definition) is 0. The van der Waals surface area contributed by atoms with Gasteiger partial charge in [-0.15, -0.1) is 10.3 Å². The van der Waals surface area contributed by atoms with E-state index in [1.165, 1.54) is 0 Å². The molecule has 4 atom stereocenters. The standard InChI is InChI=1S/C15H25F3O3S2/c1-10(2)9-22(21-23(19,20)15(16,17)18)13-8-12(14(22,4)5)7-6-11(13)3/h11-13H,1,6-9H2,2-5H3. The second-order valence-electron chi connectivity index (χ2n) is 7.42. The molecule has 2 aliphatic rings. The first-order valence-corrected chi connectivity index (χ1v) is 10.9. The monoisotopic (exact) mass is 374 g/mol. The Morgan fingerprint density at radius 1 is 1.35 bits per heavy atom. The van der Waals surface area contributed by atoms with Crippen molar-refractivity contribution in [3.63, 3.8) is 0 Å². The van der Waals surface area contributed by atoms with Crippen LogP contribution in [0, 0.1) is 11.8 Å². The van der Waals surface area contributed by atoms with Crippen molar-refractivity contribution in [1.29, 1.82) is 0 Å². The van der Waals surface area contributed by atoms with Gasteiger partial charge >= 0.3 is 15.6 Å². The quantitative estimate of drug-likeness (QED) is 0.527. The molecule has 0 aromatic heterocycles. The summed E-state index contributed by atoms with van der Waals surface area (Å²) in [6.07, 6.45) is 2.55. The number of fused-ring (bicyclic) bond motifs is 2. The summed E-state index contributed by atoms with van der Waals surface area (Å²) in [6, 6.07) is 0. The van der Waals surface area contributed by atoms with Crippen molar-refractivity contribution in [1.82, 2.24) is 0 Å². The summed E-state index contributed by atoms with van der Waals surface area (Å²) in [6.45, 7) is 11.3. The summed E-state index contributed by atoms with van der Waals surface area (Å²) in [4.78, 5) is 0. The molecule has 1 saturated heterocycles. The fourth-order valence-electron chi connectivity index (χ4n) is 4.13. The molecule has 2 fully saturated rings. The fraction of sp³-hybridized carbons (Fsp3) is 0.867. The third-order valence-electron chi connectivity index (χ3n) is 5.44. The molecular weight excluding hydrogens is 349 g/mol. The molecule has 0 radical (unpaired) electrons. The zero-order valence-corrected chi connectivity index (χ0v) is 15.6. The normalized spacial score (nSPS) is 39.7. The zero-order valence-electron chi connectivity index (χ0n) is 13.9. The Kier molecular flexibility index (Phi) is 4.71. The van der Waals surface area contributed by atoms with E-state index in [-0.39, 0.29) is 22.8 Å². The molecule has 0 amide bonds. The van der Waals surface area contributed by atoms with E-state index in [0.29, 0.717) is 5.57 Å². The van der Waals surface area contributed by atoms with Crippen LogP contribution in [0.4, 0.5) is 13.2 Å². The van der Waals surface area contributed by atoms with E-state index in [4.69, 9.17) is 3.63 Å². The van der Waals surface area contributed by atoms with Crippen molar-refractivity contribution in [2.45, 2.75) is 62.5 Å². The van der Waals surface area contributed by atoms with Crippen LogP contribution in [0.15, 0.2) is 12.2 Å². The van der Waals surface area contributed by atoms with E-state index in [2.05, 4.69) is 6.58 Å². The summed E-state index contributed by atoms with van der Waals surface area (Å²) >= 11 is 0. The molecule has 4 unspecified atom stereocenters. The lowest BCUT2D eigenvalue weighted by molar-refractivity contribution is -0.0496. The van der Waals surface area contributed by atoms with Gasteiger partial charge in [-0.05, 0) is 51.9 Å². The van der Waals surface area contributed by atoms with E-state index in [1.807, 2.05) is 20.8 Å². The van der Waals surface area contributed by atoms with Gasteiger partial charge in [-0.1, -0.05) is 19.1 Å². The SMILES string of the molecule is C=C(C)CS1(OS(=O)(=O)C(F)(F)F)C2CC(CCC2C)C1(C)C. The Bertz CT molecular complexity index is 598. The lowest BCUT2D eigenvalue weighted by Gasteiger charge is -2.50. The minimum atomic E-state index is -5.62. The van der Waals surface area contributed by atoms with Gasteiger partial charge in [0.1, 0.15) is 0 Å². The van der Waals surface area contributed by atoms with Crippen LogP contribution in [0.2, 0.25) is 0 Å². The minimum absolute atomic E-state index is 0.134. The average Bonchev–Trinajstić information content (AvgIpc) is 2.50. The van der Waals surface area contributed by atoms with Crippen molar-refractivity contribution in [2.75, 3.05) is 5.75 Å². The van der Waals surface area contributed by atoms with Crippen LogP contribution in [0.5, 0.6) is 0 Å². The third-order valence-corrected chi connectivity index (χ3v) is 12.4. The maximum atomic E-state index is 13.0. The smallest absolute Gasteiger partial charge is 0.212 e. The maximum absolute atomic E-state index is 13.0. The van der Waals surface area contributed by atoms with E-state index in [0.717, 1.165) is 19.3 Å². The van der Waals surface area contributed by atoms with E-state index in [9.17, 15) is 21.6 Å². The molecule has 136 valence electrons. The molecule has 1 aliphatic carbocycles. The first-order chi connectivity index (χ1) is 10.2. The number of rotatable bonds is 4. The van der Waals surface area contributed by atoms with Crippen LogP contribution >= 0.6 is 10.3 Å². The van der Waals surface area contributed by atoms with Crippen LogP contribution < -0.4 is 0 Å². The van der Waals surface area contributed by atoms with Crippen LogP contribution in [-0.4, -0.2) is 29.7 Å². The third kappa shape index (κ3) is 2.95. The first-order valence-electron chi connectivity index (χ1n) is 7.71. The predicted molar refractivity (Wildman–Crippen MR) is 87.7 cm³/mol. The van der Waals surface area contributed by atoms with Gasteiger partial charge in [0.15, 0.2) is 0 Å². The Morgan fingerprint density at radius 2 is 1.91 bits per heavy atom. The molecule has 23 heavy (non-hydrogen) atoms. The highest BCUT2D eigenvalue weighted by Crippen LogP contribution is 2.77. The lowest BCUT2D eigenvalue weighted by Crippen LogP contribution is -2.39. The maximum Gasteiger partial charge on any atom is 0.523 e. The average molecular weight is 374 g/mol. The number of halogens is 3. The highest BCUT2D eigenvalue weighted by atomic mass is 32.3. The first kappa shape index (κ1) is 19.1. The minimum Gasteiger partial charge on any atom is -0.212 e. The van der Waals surface area contributed by atoms with Crippen LogP contribution in [0.3, 0.4) is 0 Å². The molecule has 0 N–H and O–H groups in total. The molecule has 0 spiro atoms.